The monoisotopic (exact) mass is 786 g/mol. The number of hydrogen-bond acceptors (Lipinski definition) is 2. The second-order valence-electron chi connectivity index (χ2n) is 16.6. The summed E-state index contributed by atoms with van der Waals surface area (Å²) in [4.78, 5) is 0. The van der Waals surface area contributed by atoms with Crippen molar-refractivity contribution in [1.82, 2.24) is 0 Å². The number of ether oxygens (including phenoxy) is 2. The zero-order valence-corrected chi connectivity index (χ0v) is 34.5. The van der Waals surface area contributed by atoms with E-state index in [4.69, 9.17) is 0 Å². The maximum Gasteiger partial charge on any atom is 0.387 e. The van der Waals surface area contributed by atoms with Crippen LogP contribution in [0.5, 0.6) is 11.5 Å². The minimum Gasteiger partial charge on any atom is -0.435 e. The van der Waals surface area contributed by atoms with E-state index < -0.39 is 13.2 Å². The van der Waals surface area contributed by atoms with Crippen LogP contribution >= 0.6 is 0 Å². The number of rotatable bonds is 19. The Morgan fingerprint density at radius 1 is 0.421 bits per heavy atom. The normalized spacial score (nSPS) is 19.6. The highest BCUT2D eigenvalue weighted by Gasteiger charge is 2.23. The highest BCUT2D eigenvalue weighted by molar-refractivity contribution is 5.31. The Bertz CT molecular complexity index is 1640. The van der Waals surface area contributed by atoms with Crippen LogP contribution in [0.25, 0.3) is 0 Å². The van der Waals surface area contributed by atoms with Gasteiger partial charge in [0.2, 0.25) is 0 Å². The van der Waals surface area contributed by atoms with Gasteiger partial charge in [0.15, 0.2) is 0 Å². The second kappa shape index (κ2) is 24.2. The van der Waals surface area contributed by atoms with E-state index in [2.05, 4.69) is 71.9 Å². The first kappa shape index (κ1) is 44.3. The molecule has 4 aromatic carbocycles. The molecule has 0 spiro atoms. The zero-order chi connectivity index (χ0) is 40.2. The van der Waals surface area contributed by atoms with Crippen LogP contribution in [0, 0.1) is 11.8 Å². The standard InChI is InChI=1S/C26H34F2O.C25H32F2O/c1-2-3-4-5-20-8-14-23(15-9-20)24-16-10-21(11-17-24)6-7-22-12-18-25(19-13-22)29-26(27)28;1-2-3-4-19-7-13-22(14-8-19)23-15-9-20(10-16-23)5-6-21-11-17-24(18-12-21)28-25(26)27/h10-13,16-20,23,26H,2-9,14-15H2,1H3;9-12,15-19,22,25H,2-8,13-14H2,1H3. The van der Waals surface area contributed by atoms with Crippen molar-refractivity contribution in [2.24, 2.45) is 11.8 Å². The van der Waals surface area contributed by atoms with Crippen LogP contribution in [0.3, 0.4) is 0 Å². The van der Waals surface area contributed by atoms with Crippen molar-refractivity contribution in [3.05, 3.63) is 130 Å². The Morgan fingerprint density at radius 3 is 1.05 bits per heavy atom. The molecule has 57 heavy (non-hydrogen) atoms. The lowest BCUT2D eigenvalue weighted by atomic mass is 9.77. The summed E-state index contributed by atoms with van der Waals surface area (Å²) in [5.74, 6) is 3.80. The SMILES string of the molecule is CCCCC1CCC(c2ccc(CCc3ccc(OC(F)F)cc3)cc2)CC1.CCCCCC1CCC(c2ccc(CCc3ccc(OC(F)F)cc3)cc2)CC1. The number of halogens is 4. The van der Waals surface area contributed by atoms with Crippen molar-refractivity contribution < 1.29 is 27.0 Å². The molecule has 0 N–H and O–H groups in total. The molecular weight excluding hydrogens is 721 g/mol. The number of aryl methyl sites for hydroxylation is 4. The molecule has 6 rings (SSSR count). The summed E-state index contributed by atoms with van der Waals surface area (Å²) in [6.45, 7) is -0.974. The fourth-order valence-electron chi connectivity index (χ4n) is 8.91. The molecule has 310 valence electrons. The number of unbranched alkanes of at least 4 members (excludes halogenated alkanes) is 3. The van der Waals surface area contributed by atoms with Gasteiger partial charge in [0.05, 0.1) is 0 Å². The van der Waals surface area contributed by atoms with Crippen LogP contribution in [-0.4, -0.2) is 13.2 Å². The molecule has 0 aliphatic heterocycles. The van der Waals surface area contributed by atoms with Gasteiger partial charge in [0.1, 0.15) is 11.5 Å². The quantitative estimate of drug-likeness (QED) is 0.0696. The van der Waals surface area contributed by atoms with E-state index in [1.165, 1.54) is 119 Å². The maximum absolute atomic E-state index is 12.2. The van der Waals surface area contributed by atoms with Crippen molar-refractivity contribution in [2.75, 3.05) is 0 Å². The van der Waals surface area contributed by atoms with Gasteiger partial charge in [-0.3, -0.25) is 0 Å². The predicted octanol–water partition coefficient (Wildman–Crippen LogP) is 15.5. The summed E-state index contributed by atoms with van der Waals surface area (Å²) < 4.78 is 57.6. The van der Waals surface area contributed by atoms with Crippen molar-refractivity contribution in [3.63, 3.8) is 0 Å². The average molecular weight is 787 g/mol. The van der Waals surface area contributed by atoms with Crippen LogP contribution < -0.4 is 9.47 Å². The molecule has 6 heteroatoms. The van der Waals surface area contributed by atoms with Gasteiger partial charge in [0, 0.05) is 0 Å². The summed E-state index contributed by atoms with van der Waals surface area (Å²) in [6.07, 6.45) is 24.3. The number of alkyl halides is 4. The van der Waals surface area contributed by atoms with Crippen molar-refractivity contribution in [3.8, 4) is 11.5 Å². The molecule has 4 aromatic rings. The lowest BCUT2D eigenvalue weighted by molar-refractivity contribution is -0.0505. The van der Waals surface area contributed by atoms with E-state index in [-0.39, 0.29) is 11.5 Å². The summed E-state index contributed by atoms with van der Waals surface area (Å²) in [6, 6.07) is 32.2. The fraction of sp³-hybridized carbons (Fsp3) is 0.529. The van der Waals surface area contributed by atoms with Gasteiger partial charge in [-0.25, -0.2) is 0 Å². The third kappa shape index (κ3) is 15.8. The topological polar surface area (TPSA) is 18.5 Å². The van der Waals surface area contributed by atoms with Gasteiger partial charge in [-0.15, -0.1) is 0 Å². The van der Waals surface area contributed by atoms with E-state index in [9.17, 15) is 17.6 Å². The lowest BCUT2D eigenvalue weighted by Crippen LogP contribution is -2.13. The Morgan fingerprint density at radius 2 is 0.737 bits per heavy atom. The predicted molar refractivity (Wildman–Crippen MR) is 227 cm³/mol. The molecule has 0 unspecified atom stereocenters. The van der Waals surface area contributed by atoms with Crippen LogP contribution in [0.15, 0.2) is 97.1 Å². The molecular formula is C51H66F4O2. The van der Waals surface area contributed by atoms with Crippen molar-refractivity contribution >= 4 is 0 Å². The first-order valence-corrected chi connectivity index (χ1v) is 22.0. The van der Waals surface area contributed by atoms with E-state index in [1.54, 1.807) is 24.3 Å². The zero-order valence-electron chi connectivity index (χ0n) is 34.5. The maximum atomic E-state index is 12.2. The highest BCUT2D eigenvalue weighted by Crippen LogP contribution is 2.39. The number of benzene rings is 4. The lowest BCUT2D eigenvalue weighted by Gasteiger charge is -2.29. The summed E-state index contributed by atoms with van der Waals surface area (Å²) in [5.41, 5.74) is 7.91. The summed E-state index contributed by atoms with van der Waals surface area (Å²) >= 11 is 0. The molecule has 2 fully saturated rings. The molecule has 0 saturated heterocycles. The Hall–Kier alpha value is -3.80. The van der Waals surface area contributed by atoms with E-state index in [1.807, 2.05) is 24.3 Å². The van der Waals surface area contributed by atoms with Crippen molar-refractivity contribution in [1.29, 1.82) is 0 Å². The highest BCUT2D eigenvalue weighted by atomic mass is 19.3. The Kier molecular flexibility index (Phi) is 18.8. The van der Waals surface area contributed by atoms with Crippen LogP contribution in [0.2, 0.25) is 0 Å². The second-order valence-corrected chi connectivity index (χ2v) is 16.6. The van der Waals surface area contributed by atoms with Gasteiger partial charge in [0.25, 0.3) is 0 Å². The Balaban J connectivity index is 0.000000218. The summed E-state index contributed by atoms with van der Waals surface area (Å²) in [5, 5.41) is 0. The average Bonchev–Trinajstić information content (AvgIpc) is 3.23. The Labute approximate surface area is 340 Å². The summed E-state index contributed by atoms with van der Waals surface area (Å²) in [7, 11) is 0. The first-order chi connectivity index (χ1) is 27.8. The molecule has 2 aliphatic rings. The minimum absolute atomic E-state index is 0.215. The molecule has 0 atom stereocenters. The molecule has 2 aliphatic carbocycles. The molecule has 0 bridgehead atoms. The molecule has 0 aromatic heterocycles. The molecule has 2 nitrogen and oxygen atoms in total. The molecule has 0 heterocycles. The van der Waals surface area contributed by atoms with Gasteiger partial charge in [-0.05, 0) is 158 Å². The number of hydrogen-bond donors (Lipinski definition) is 0. The molecule has 2 saturated carbocycles. The van der Waals surface area contributed by atoms with Gasteiger partial charge < -0.3 is 9.47 Å². The largest absolute Gasteiger partial charge is 0.435 e. The van der Waals surface area contributed by atoms with Gasteiger partial charge >= 0.3 is 13.2 Å². The molecule has 0 radical (unpaired) electrons. The van der Waals surface area contributed by atoms with E-state index in [0.717, 1.165) is 60.5 Å². The van der Waals surface area contributed by atoms with Crippen LogP contribution in [0.4, 0.5) is 17.6 Å². The van der Waals surface area contributed by atoms with E-state index in [0.29, 0.717) is 0 Å². The van der Waals surface area contributed by atoms with Gasteiger partial charge in [-0.2, -0.15) is 17.6 Å². The van der Waals surface area contributed by atoms with Crippen LogP contribution in [-0.2, 0) is 25.7 Å². The van der Waals surface area contributed by atoms with E-state index >= 15 is 0 Å². The molecule has 0 amide bonds. The third-order valence-corrected chi connectivity index (χ3v) is 12.5. The van der Waals surface area contributed by atoms with Crippen LogP contribution in [0.1, 0.15) is 155 Å². The first-order valence-electron chi connectivity index (χ1n) is 22.0. The van der Waals surface area contributed by atoms with Gasteiger partial charge in [-0.1, -0.05) is 132 Å². The minimum atomic E-state index is -2.77. The van der Waals surface area contributed by atoms with Crippen molar-refractivity contribution in [2.45, 2.75) is 161 Å². The fourth-order valence-corrected chi connectivity index (χ4v) is 8.91. The smallest absolute Gasteiger partial charge is 0.387 e. The third-order valence-electron chi connectivity index (χ3n) is 12.5.